The molecule has 0 bridgehead atoms. The van der Waals surface area contributed by atoms with Crippen LogP contribution in [0.2, 0.25) is 0 Å². The van der Waals surface area contributed by atoms with Crippen LogP contribution >= 0.6 is 0 Å². The van der Waals surface area contributed by atoms with Gasteiger partial charge in [-0.2, -0.15) is 0 Å². The molecular weight excluding hydrogens is 210 g/mol. The molecule has 0 spiro atoms. The van der Waals surface area contributed by atoms with Crippen molar-refractivity contribution in [2.45, 2.75) is 82.8 Å². The summed E-state index contributed by atoms with van der Waals surface area (Å²) in [6.07, 6.45) is 13.1. The monoisotopic (exact) mass is 239 g/mol. The molecule has 2 heteroatoms. The van der Waals surface area contributed by atoms with E-state index < -0.39 is 0 Å². The maximum absolute atomic E-state index is 6.52. The summed E-state index contributed by atoms with van der Waals surface area (Å²) in [7, 11) is 0. The third-order valence-electron chi connectivity index (χ3n) is 4.87. The molecule has 17 heavy (non-hydrogen) atoms. The zero-order valence-electron chi connectivity index (χ0n) is 11.4. The Balaban J connectivity index is 1.96. The van der Waals surface area contributed by atoms with Gasteiger partial charge in [-0.15, -0.1) is 0 Å². The van der Waals surface area contributed by atoms with Gasteiger partial charge in [0.1, 0.15) is 0 Å². The van der Waals surface area contributed by atoms with Gasteiger partial charge in [0.2, 0.25) is 0 Å². The van der Waals surface area contributed by atoms with Gasteiger partial charge in [0.15, 0.2) is 0 Å². The fraction of sp³-hybridized carbons (Fsp3) is 1.00. The van der Waals surface area contributed by atoms with Crippen LogP contribution in [0.4, 0.5) is 0 Å². The van der Waals surface area contributed by atoms with Crippen LogP contribution in [0.15, 0.2) is 0 Å². The van der Waals surface area contributed by atoms with Crippen molar-refractivity contribution in [3.63, 3.8) is 0 Å². The highest BCUT2D eigenvalue weighted by atomic mass is 16.5. The minimum Gasteiger partial charge on any atom is -0.374 e. The quantitative estimate of drug-likeness (QED) is 0.743. The Hall–Kier alpha value is -0.0800. The molecule has 1 atom stereocenters. The Morgan fingerprint density at radius 2 is 1.76 bits per heavy atom. The molecular formula is C15H29NO. The van der Waals surface area contributed by atoms with Crippen molar-refractivity contribution in [3.8, 4) is 0 Å². The van der Waals surface area contributed by atoms with Gasteiger partial charge in [0.25, 0.3) is 0 Å². The highest BCUT2D eigenvalue weighted by molar-refractivity contribution is 4.94. The summed E-state index contributed by atoms with van der Waals surface area (Å²) in [5, 5.41) is 0. The molecule has 1 unspecified atom stereocenters. The zero-order valence-corrected chi connectivity index (χ0v) is 11.4. The summed E-state index contributed by atoms with van der Waals surface area (Å²) in [5.41, 5.74) is 6.54. The van der Waals surface area contributed by atoms with Crippen LogP contribution in [0.1, 0.15) is 71.1 Å². The number of hydrogen-bond donors (Lipinski definition) is 1. The second kappa shape index (κ2) is 6.19. The van der Waals surface area contributed by atoms with Gasteiger partial charge in [0, 0.05) is 12.6 Å². The average molecular weight is 239 g/mol. The lowest BCUT2D eigenvalue weighted by molar-refractivity contribution is -0.0746. The van der Waals surface area contributed by atoms with Gasteiger partial charge in [-0.25, -0.2) is 0 Å². The summed E-state index contributed by atoms with van der Waals surface area (Å²) in [5.74, 6) is 0.894. The molecule has 2 rings (SSSR count). The summed E-state index contributed by atoms with van der Waals surface area (Å²) in [6, 6.07) is 0.269. The van der Waals surface area contributed by atoms with Crippen molar-refractivity contribution in [1.82, 2.24) is 0 Å². The van der Waals surface area contributed by atoms with Gasteiger partial charge in [0.05, 0.1) is 5.60 Å². The first-order chi connectivity index (χ1) is 8.27. The molecule has 0 aromatic carbocycles. The molecule has 0 aliphatic heterocycles. The van der Waals surface area contributed by atoms with Crippen molar-refractivity contribution in [2.75, 3.05) is 6.61 Å². The number of nitrogens with two attached hydrogens (primary N) is 1. The number of rotatable bonds is 5. The second-order valence-corrected chi connectivity index (χ2v) is 6.05. The van der Waals surface area contributed by atoms with Crippen molar-refractivity contribution in [1.29, 1.82) is 0 Å². The lowest BCUT2D eigenvalue weighted by Gasteiger charge is -2.41. The van der Waals surface area contributed by atoms with Crippen LogP contribution in [0.25, 0.3) is 0 Å². The van der Waals surface area contributed by atoms with Crippen molar-refractivity contribution in [3.05, 3.63) is 0 Å². The van der Waals surface area contributed by atoms with Crippen molar-refractivity contribution < 1.29 is 4.74 Å². The molecule has 0 saturated heterocycles. The van der Waals surface area contributed by atoms with Crippen molar-refractivity contribution in [2.24, 2.45) is 11.7 Å². The van der Waals surface area contributed by atoms with Gasteiger partial charge in [-0.3, -0.25) is 0 Å². The van der Waals surface area contributed by atoms with Crippen LogP contribution in [0.3, 0.4) is 0 Å². The van der Waals surface area contributed by atoms with E-state index in [1.165, 1.54) is 64.2 Å². The summed E-state index contributed by atoms with van der Waals surface area (Å²) in [4.78, 5) is 0. The van der Waals surface area contributed by atoms with E-state index in [-0.39, 0.29) is 11.6 Å². The first-order valence-corrected chi connectivity index (χ1v) is 7.66. The molecule has 0 heterocycles. The first-order valence-electron chi connectivity index (χ1n) is 7.66. The Labute approximate surface area is 106 Å². The van der Waals surface area contributed by atoms with E-state index in [1.54, 1.807) is 0 Å². The zero-order chi connectivity index (χ0) is 12.1. The minimum absolute atomic E-state index is 0.0147. The lowest BCUT2D eigenvalue weighted by Crippen LogP contribution is -2.51. The lowest BCUT2D eigenvalue weighted by atomic mass is 9.75. The summed E-state index contributed by atoms with van der Waals surface area (Å²) in [6.45, 7) is 2.93. The normalized spacial score (nSPS) is 27.2. The fourth-order valence-electron chi connectivity index (χ4n) is 3.54. The molecule has 0 aromatic heterocycles. The Morgan fingerprint density at radius 3 is 2.24 bits per heavy atom. The molecule has 0 radical (unpaired) electrons. The van der Waals surface area contributed by atoms with Gasteiger partial charge in [-0.05, 0) is 32.1 Å². The topological polar surface area (TPSA) is 35.2 Å². The molecule has 2 aliphatic rings. The van der Waals surface area contributed by atoms with E-state index in [2.05, 4.69) is 6.92 Å². The highest BCUT2D eigenvalue weighted by Gasteiger charge is 2.39. The van der Waals surface area contributed by atoms with Crippen LogP contribution in [-0.2, 0) is 4.74 Å². The Morgan fingerprint density at radius 1 is 1.12 bits per heavy atom. The molecule has 2 saturated carbocycles. The number of hydrogen-bond acceptors (Lipinski definition) is 2. The fourth-order valence-corrected chi connectivity index (χ4v) is 3.54. The maximum atomic E-state index is 6.52. The summed E-state index contributed by atoms with van der Waals surface area (Å²) >= 11 is 0. The van der Waals surface area contributed by atoms with Crippen LogP contribution in [-0.4, -0.2) is 18.2 Å². The standard InChI is InChI=1S/C15H29NO/c1-2-17-15(10-5-3-4-6-11-15)14(16)12-13-8-7-9-13/h13-14H,2-12,16H2,1H3. The van der Waals surface area contributed by atoms with E-state index >= 15 is 0 Å². The van der Waals surface area contributed by atoms with Crippen LogP contribution in [0.5, 0.6) is 0 Å². The predicted molar refractivity (Wildman–Crippen MR) is 72.0 cm³/mol. The molecule has 2 aliphatic carbocycles. The van der Waals surface area contributed by atoms with E-state index in [4.69, 9.17) is 10.5 Å². The average Bonchev–Trinajstić information content (AvgIpc) is 2.50. The second-order valence-electron chi connectivity index (χ2n) is 6.05. The highest BCUT2D eigenvalue weighted by Crippen LogP contribution is 2.38. The molecule has 100 valence electrons. The number of ether oxygens (including phenoxy) is 1. The maximum Gasteiger partial charge on any atom is 0.0832 e. The summed E-state index contributed by atoms with van der Waals surface area (Å²) < 4.78 is 6.16. The van der Waals surface area contributed by atoms with Gasteiger partial charge >= 0.3 is 0 Å². The minimum atomic E-state index is 0.0147. The molecule has 0 aromatic rings. The molecule has 2 N–H and O–H groups in total. The van der Waals surface area contributed by atoms with E-state index in [0.29, 0.717) is 0 Å². The predicted octanol–water partition coefficient (Wildman–Crippen LogP) is 3.63. The molecule has 0 amide bonds. The largest absolute Gasteiger partial charge is 0.374 e. The third-order valence-corrected chi connectivity index (χ3v) is 4.87. The molecule has 2 nitrogen and oxygen atoms in total. The Kier molecular flexibility index (Phi) is 4.87. The van der Waals surface area contributed by atoms with Gasteiger partial charge < -0.3 is 10.5 Å². The van der Waals surface area contributed by atoms with Crippen molar-refractivity contribution >= 4 is 0 Å². The smallest absolute Gasteiger partial charge is 0.0832 e. The van der Waals surface area contributed by atoms with Gasteiger partial charge in [-0.1, -0.05) is 44.9 Å². The SMILES string of the molecule is CCOC1(C(N)CC2CCC2)CCCCCC1. The van der Waals surface area contributed by atoms with E-state index in [9.17, 15) is 0 Å². The van der Waals surface area contributed by atoms with E-state index in [1.807, 2.05) is 0 Å². The first kappa shape index (κ1) is 13.4. The molecule has 2 fully saturated rings. The van der Waals surface area contributed by atoms with E-state index in [0.717, 1.165) is 12.5 Å². The van der Waals surface area contributed by atoms with Crippen LogP contribution in [0, 0.1) is 5.92 Å². The van der Waals surface area contributed by atoms with Crippen LogP contribution < -0.4 is 5.73 Å². The third kappa shape index (κ3) is 3.23. The Bertz CT molecular complexity index is 217.